The monoisotopic (exact) mass is 800 g/mol. The smallest absolute Gasteiger partial charge is 0.0754 e. The van der Waals surface area contributed by atoms with Crippen molar-refractivity contribution in [1.82, 2.24) is 4.57 Å². The van der Waals surface area contributed by atoms with Gasteiger partial charge in [-0.25, -0.2) is 0 Å². The summed E-state index contributed by atoms with van der Waals surface area (Å²) in [5, 5.41) is 2.57. The molecule has 1 unspecified atom stereocenters. The van der Waals surface area contributed by atoms with E-state index in [0.717, 1.165) is 17.1 Å². The van der Waals surface area contributed by atoms with Gasteiger partial charge in [-0.05, 0) is 92.0 Å². The van der Waals surface area contributed by atoms with Crippen molar-refractivity contribution >= 4 is 38.9 Å². The van der Waals surface area contributed by atoms with E-state index in [-0.39, 0.29) is 0 Å². The zero-order chi connectivity index (χ0) is 41.5. The number of anilines is 3. The molecule has 1 aromatic heterocycles. The highest BCUT2D eigenvalue weighted by Gasteiger charge is 2.51. The number of benzene rings is 10. The maximum Gasteiger partial charge on any atom is 0.0754 e. The Morgan fingerprint density at radius 1 is 0.333 bits per heavy atom. The van der Waals surface area contributed by atoms with E-state index in [1.165, 1.54) is 94.3 Å². The van der Waals surface area contributed by atoms with Gasteiger partial charge < -0.3 is 9.47 Å². The van der Waals surface area contributed by atoms with Gasteiger partial charge in [0.15, 0.2) is 0 Å². The summed E-state index contributed by atoms with van der Waals surface area (Å²) in [4.78, 5) is 2.46. The van der Waals surface area contributed by atoms with Crippen LogP contribution in [0, 0.1) is 0 Å². The minimum atomic E-state index is -0.519. The second kappa shape index (κ2) is 13.9. The first kappa shape index (κ1) is 35.5. The normalized spacial score (nSPS) is 14.4. The molecule has 10 aromatic carbocycles. The summed E-state index contributed by atoms with van der Waals surface area (Å²) in [5.74, 6) is 0. The molecule has 1 aliphatic heterocycles. The molecule has 1 aliphatic carbocycles. The molecule has 0 N–H and O–H groups in total. The molecule has 2 nitrogen and oxygen atoms in total. The van der Waals surface area contributed by atoms with E-state index >= 15 is 0 Å². The predicted octanol–water partition coefficient (Wildman–Crippen LogP) is 15.9. The molecule has 0 saturated heterocycles. The third-order valence-electron chi connectivity index (χ3n) is 13.6. The summed E-state index contributed by atoms with van der Waals surface area (Å²) in [6, 6.07) is 89.5. The van der Waals surface area contributed by atoms with E-state index in [0.29, 0.717) is 0 Å². The van der Waals surface area contributed by atoms with Crippen molar-refractivity contribution in [2.24, 2.45) is 0 Å². The molecule has 2 heteroatoms. The third-order valence-corrected chi connectivity index (χ3v) is 13.6. The van der Waals surface area contributed by atoms with Gasteiger partial charge in [0.2, 0.25) is 0 Å². The van der Waals surface area contributed by atoms with Crippen molar-refractivity contribution in [1.29, 1.82) is 0 Å². The minimum Gasteiger partial charge on any atom is -0.309 e. The summed E-state index contributed by atoms with van der Waals surface area (Å²) in [5.41, 5.74) is 21.5. The summed E-state index contributed by atoms with van der Waals surface area (Å²) < 4.78 is 2.52. The molecule has 2 aliphatic rings. The fourth-order valence-corrected chi connectivity index (χ4v) is 11.1. The van der Waals surface area contributed by atoms with Gasteiger partial charge in [0.1, 0.15) is 0 Å². The zero-order valence-corrected chi connectivity index (χ0v) is 34.5. The molecule has 0 saturated carbocycles. The number of hydrogen-bond acceptors (Lipinski definition) is 1. The van der Waals surface area contributed by atoms with Crippen LogP contribution in [-0.2, 0) is 5.41 Å². The second-order valence-electron chi connectivity index (χ2n) is 16.7. The van der Waals surface area contributed by atoms with E-state index in [2.05, 4.69) is 252 Å². The summed E-state index contributed by atoms with van der Waals surface area (Å²) in [6.45, 7) is 0. The first-order valence-electron chi connectivity index (χ1n) is 21.9. The molecule has 13 rings (SSSR count). The molecule has 0 amide bonds. The Balaban J connectivity index is 1.07. The topological polar surface area (TPSA) is 8.17 Å². The Morgan fingerprint density at radius 2 is 0.841 bits per heavy atom. The van der Waals surface area contributed by atoms with Gasteiger partial charge in [-0.2, -0.15) is 0 Å². The van der Waals surface area contributed by atoms with Crippen LogP contribution in [0.25, 0.3) is 72.0 Å². The maximum atomic E-state index is 2.52. The quantitative estimate of drug-likeness (QED) is 0.163. The van der Waals surface area contributed by atoms with E-state index in [4.69, 9.17) is 0 Å². The molecule has 1 spiro atoms. The Labute approximate surface area is 367 Å². The Kier molecular flexibility index (Phi) is 7.85. The lowest BCUT2D eigenvalue weighted by molar-refractivity contribution is 0.748. The molecule has 2 heterocycles. The lowest BCUT2D eigenvalue weighted by Gasteiger charge is -2.39. The van der Waals surface area contributed by atoms with Gasteiger partial charge in [-0.3, -0.25) is 0 Å². The lowest BCUT2D eigenvalue weighted by atomic mass is 9.65. The average Bonchev–Trinajstić information content (AvgIpc) is 3.86. The van der Waals surface area contributed by atoms with Gasteiger partial charge in [-0.15, -0.1) is 0 Å². The molecule has 0 radical (unpaired) electrons. The first-order valence-corrected chi connectivity index (χ1v) is 21.9. The van der Waals surface area contributed by atoms with Crippen molar-refractivity contribution < 1.29 is 0 Å². The molecular formula is C61H40N2. The Morgan fingerprint density at radius 3 is 1.59 bits per heavy atom. The van der Waals surface area contributed by atoms with Crippen molar-refractivity contribution in [3.05, 3.63) is 265 Å². The average molecular weight is 801 g/mol. The molecule has 63 heavy (non-hydrogen) atoms. The van der Waals surface area contributed by atoms with Crippen LogP contribution in [0.3, 0.4) is 0 Å². The van der Waals surface area contributed by atoms with Crippen LogP contribution in [0.2, 0.25) is 0 Å². The number of hydrogen-bond donors (Lipinski definition) is 0. The van der Waals surface area contributed by atoms with E-state index < -0.39 is 5.41 Å². The van der Waals surface area contributed by atoms with E-state index in [1.807, 2.05) is 0 Å². The summed E-state index contributed by atoms with van der Waals surface area (Å²) in [6.07, 6.45) is 0. The van der Waals surface area contributed by atoms with Crippen molar-refractivity contribution in [3.8, 4) is 50.2 Å². The van der Waals surface area contributed by atoms with Gasteiger partial charge >= 0.3 is 0 Å². The highest BCUT2D eigenvalue weighted by Crippen LogP contribution is 2.62. The summed E-state index contributed by atoms with van der Waals surface area (Å²) >= 11 is 0. The van der Waals surface area contributed by atoms with Crippen LogP contribution in [-0.4, -0.2) is 4.57 Å². The van der Waals surface area contributed by atoms with Gasteiger partial charge in [0, 0.05) is 27.6 Å². The zero-order valence-electron chi connectivity index (χ0n) is 34.5. The van der Waals surface area contributed by atoms with Crippen molar-refractivity contribution in [3.63, 3.8) is 0 Å². The number of nitrogens with zero attached hydrogens (tertiary/aromatic N) is 2. The standard InChI is InChI=1S/C61H40N2/c1-3-20-41(21-4-1)45-26-8-13-36-55(45)62(56-37-14-9-27-46(56)42-22-5-2-6-23-42)44-25-17-24-43(40-44)47-30-18-34-53-59(47)50-29-7-11-32-51(50)61(53)52-33-12-16-39-58(52)63-57-38-15-10-28-48(57)49-31-19-35-54(61)60(49)63/h1-40H. The van der Waals surface area contributed by atoms with Crippen molar-refractivity contribution in [2.75, 3.05) is 4.90 Å². The highest BCUT2D eigenvalue weighted by atomic mass is 15.1. The second-order valence-corrected chi connectivity index (χ2v) is 16.7. The fourth-order valence-electron chi connectivity index (χ4n) is 11.1. The number of rotatable bonds is 6. The molecule has 0 fully saturated rings. The van der Waals surface area contributed by atoms with Crippen molar-refractivity contribution in [2.45, 2.75) is 5.41 Å². The maximum absolute atomic E-state index is 2.52. The van der Waals surface area contributed by atoms with Crippen LogP contribution < -0.4 is 4.90 Å². The molecule has 0 bridgehead atoms. The number of fused-ring (bicyclic) bond motifs is 12. The van der Waals surface area contributed by atoms with Crippen LogP contribution in [0.1, 0.15) is 22.3 Å². The third kappa shape index (κ3) is 5.07. The minimum absolute atomic E-state index is 0.519. The van der Waals surface area contributed by atoms with Crippen LogP contribution in [0.4, 0.5) is 17.1 Å². The highest BCUT2D eigenvalue weighted by molar-refractivity contribution is 6.13. The number of para-hydroxylation sites is 5. The largest absolute Gasteiger partial charge is 0.309 e. The first-order chi connectivity index (χ1) is 31.3. The Hall–Kier alpha value is -8.20. The molecule has 11 aromatic rings. The van der Waals surface area contributed by atoms with Gasteiger partial charge in [0.05, 0.1) is 33.5 Å². The van der Waals surface area contributed by atoms with E-state index in [1.54, 1.807) is 0 Å². The van der Waals surface area contributed by atoms with Gasteiger partial charge in [-0.1, -0.05) is 206 Å². The van der Waals surface area contributed by atoms with Gasteiger partial charge in [0.25, 0.3) is 0 Å². The van der Waals surface area contributed by atoms with Crippen LogP contribution in [0.15, 0.2) is 243 Å². The van der Waals surface area contributed by atoms with Crippen LogP contribution >= 0.6 is 0 Å². The predicted molar refractivity (Wildman–Crippen MR) is 263 cm³/mol. The fraction of sp³-hybridized carbons (Fsp3) is 0.0164. The van der Waals surface area contributed by atoms with E-state index in [9.17, 15) is 0 Å². The SMILES string of the molecule is c1ccc(-c2ccccc2N(c2cccc(-c3cccc4c3-c3ccccc3C43c4ccccc4-n4c5ccccc5c5cccc3c54)c2)c2ccccc2-c2ccccc2)cc1. The molecule has 1 atom stereocenters. The number of aromatic nitrogens is 1. The lowest BCUT2D eigenvalue weighted by Crippen LogP contribution is -2.33. The molecular weight excluding hydrogens is 761 g/mol. The van der Waals surface area contributed by atoms with Crippen LogP contribution in [0.5, 0.6) is 0 Å². The Bertz CT molecular complexity index is 3500. The summed E-state index contributed by atoms with van der Waals surface area (Å²) in [7, 11) is 0. The molecule has 294 valence electrons.